The van der Waals surface area contributed by atoms with Gasteiger partial charge in [0.25, 0.3) is 0 Å². The number of rotatable bonds is 7. The molecule has 2 aromatic carbocycles. The summed E-state index contributed by atoms with van der Waals surface area (Å²) in [6.07, 6.45) is -4.24. The SMILES string of the molecule is CCC(=O)Cc1ccc(OCc2ccccc2C(F)(F)F)cc1C(=O)O. The number of carbonyl (C=O) groups excluding carboxylic acids is 1. The van der Waals surface area contributed by atoms with Crippen molar-refractivity contribution in [2.24, 2.45) is 0 Å². The topological polar surface area (TPSA) is 63.6 Å². The van der Waals surface area contributed by atoms with Crippen LogP contribution in [-0.2, 0) is 24.0 Å². The Hall–Kier alpha value is -2.83. The zero-order chi connectivity index (χ0) is 19.3. The van der Waals surface area contributed by atoms with E-state index in [-0.39, 0.29) is 42.1 Å². The van der Waals surface area contributed by atoms with E-state index in [1.54, 1.807) is 6.92 Å². The van der Waals surface area contributed by atoms with Gasteiger partial charge < -0.3 is 9.84 Å². The maximum atomic E-state index is 13.0. The first-order valence-electron chi connectivity index (χ1n) is 7.88. The summed E-state index contributed by atoms with van der Waals surface area (Å²) in [4.78, 5) is 22.9. The Kier molecular flexibility index (Phi) is 6.02. The minimum absolute atomic E-state index is 0.0185. The van der Waals surface area contributed by atoms with Crippen LogP contribution >= 0.6 is 0 Å². The quantitative estimate of drug-likeness (QED) is 0.783. The van der Waals surface area contributed by atoms with E-state index < -0.39 is 17.7 Å². The molecule has 0 atom stereocenters. The van der Waals surface area contributed by atoms with Gasteiger partial charge in [0, 0.05) is 18.4 Å². The molecule has 0 fully saturated rings. The van der Waals surface area contributed by atoms with Crippen LogP contribution in [0.4, 0.5) is 13.2 Å². The van der Waals surface area contributed by atoms with Crippen LogP contribution in [0.3, 0.4) is 0 Å². The van der Waals surface area contributed by atoms with Crippen molar-refractivity contribution >= 4 is 11.8 Å². The molecule has 0 bridgehead atoms. The number of ether oxygens (including phenoxy) is 1. The molecule has 2 aromatic rings. The Morgan fingerprint density at radius 1 is 1.08 bits per heavy atom. The second-order valence-electron chi connectivity index (χ2n) is 5.64. The molecule has 7 heteroatoms. The molecule has 138 valence electrons. The lowest BCUT2D eigenvalue weighted by Crippen LogP contribution is -2.11. The van der Waals surface area contributed by atoms with Gasteiger partial charge in [0.15, 0.2) is 0 Å². The van der Waals surface area contributed by atoms with Crippen LogP contribution in [0.15, 0.2) is 42.5 Å². The number of carboxylic acids is 1. The third-order valence-corrected chi connectivity index (χ3v) is 3.81. The van der Waals surface area contributed by atoms with Gasteiger partial charge in [-0.25, -0.2) is 4.79 Å². The molecule has 0 aliphatic carbocycles. The van der Waals surface area contributed by atoms with E-state index in [0.29, 0.717) is 5.56 Å². The number of carbonyl (C=O) groups is 2. The van der Waals surface area contributed by atoms with E-state index in [1.807, 2.05) is 0 Å². The van der Waals surface area contributed by atoms with Crippen LogP contribution < -0.4 is 4.74 Å². The molecule has 0 radical (unpaired) electrons. The van der Waals surface area contributed by atoms with Gasteiger partial charge >= 0.3 is 12.1 Å². The minimum Gasteiger partial charge on any atom is -0.489 e. The van der Waals surface area contributed by atoms with E-state index in [4.69, 9.17) is 4.74 Å². The Balaban J connectivity index is 2.22. The molecule has 0 unspecified atom stereocenters. The maximum Gasteiger partial charge on any atom is 0.416 e. The highest BCUT2D eigenvalue weighted by atomic mass is 19.4. The van der Waals surface area contributed by atoms with Gasteiger partial charge in [0.2, 0.25) is 0 Å². The molecule has 0 saturated heterocycles. The number of alkyl halides is 3. The first-order valence-corrected chi connectivity index (χ1v) is 7.88. The Morgan fingerprint density at radius 2 is 1.77 bits per heavy atom. The number of ketones is 1. The van der Waals surface area contributed by atoms with Gasteiger partial charge in [-0.15, -0.1) is 0 Å². The number of benzene rings is 2. The second kappa shape index (κ2) is 8.03. The van der Waals surface area contributed by atoms with Gasteiger partial charge in [-0.05, 0) is 23.8 Å². The number of carboxylic acid groups (broad SMARTS) is 1. The van der Waals surface area contributed by atoms with E-state index in [0.717, 1.165) is 6.07 Å². The summed E-state index contributed by atoms with van der Waals surface area (Å²) in [5.74, 6) is -1.22. The van der Waals surface area contributed by atoms with Crippen LogP contribution in [-0.4, -0.2) is 16.9 Å². The first-order chi connectivity index (χ1) is 12.2. The summed E-state index contributed by atoms with van der Waals surface area (Å²) in [6, 6.07) is 9.13. The highest BCUT2D eigenvalue weighted by Gasteiger charge is 2.33. The van der Waals surface area contributed by atoms with Crippen LogP contribution in [0.25, 0.3) is 0 Å². The van der Waals surface area contributed by atoms with Crippen molar-refractivity contribution in [1.29, 1.82) is 0 Å². The molecule has 0 amide bonds. The molecule has 0 aliphatic heterocycles. The second-order valence-corrected chi connectivity index (χ2v) is 5.64. The highest BCUT2D eigenvalue weighted by molar-refractivity contribution is 5.92. The zero-order valence-electron chi connectivity index (χ0n) is 14.0. The van der Waals surface area contributed by atoms with Gasteiger partial charge in [0.05, 0.1) is 11.1 Å². The van der Waals surface area contributed by atoms with Crippen LogP contribution in [0.5, 0.6) is 5.75 Å². The summed E-state index contributed by atoms with van der Waals surface area (Å²) in [5, 5.41) is 9.30. The van der Waals surface area contributed by atoms with Crippen molar-refractivity contribution in [1.82, 2.24) is 0 Å². The molecule has 0 saturated carbocycles. The predicted molar refractivity (Wildman–Crippen MR) is 88.2 cm³/mol. The number of hydrogen-bond acceptors (Lipinski definition) is 3. The lowest BCUT2D eigenvalue weighted by molar-refractivity contribution is -0.138. The minimum atomic E-state index is -4.50. The third kappa shape index (κ3) is 4.84. The van der Waals surface area contributed by atoms with Crippen molar-refractivity contribution < 1.29 is 32.6 Å². The molecule has 0 spiro atoms. The number of halogens is 3. The van der Waals surface area contributed by atoms with Gasteiger partial charge in [-0.1, -0.05) is 31.2 Å². The monoisotopic (exact) mass is 366 g/mol. The van der Waals surface area contributed by atoms with E-state index >= 15 is 0 Å². The largest absolute Gasteiger partial charge is 0.489 e. The summed E-state index contributed by atoms with van der Waals surface area (Å²) in [7, 11) is 0. The van der Waals surface area contributed by atoms with Crippen molar-refractivity contribution in [2.75, 3.05) is 0 Å². The summed E-state index contributed by atoms with van der Waals surface area (Å²) < 4.78 is 44.3. The molecule has 0 aromatic heterocycles. The molecule has 26 heavy (non-hydrogen) atoms. The average Bonchev–Trinajstić information content (AvgIpc) is 2.60. The molecular weight excluding hydrogens is 349 g/mol. The number of hydrogen-bond donors (Lipinski definition) is 1. The smallest absolute Gasteiger partial charge is 0.416 e. The van der Waals surface area contributed by atoms with Gasteiger partial charge in [0.1, 0.15) is 18.1 Å². The maximum absolute atomic E-state index is 13.0. The summed E-state index contributed by atoms with van der Waals surface area (Å²) in [5.41, 5.74) is -0.619. The third-order valence-electron chi connectivity index (χ3n) is 3.81. The zero-order valence-corrected chi connectivity index (χ0v) is 14.0. The fraction of sp³-hybridized carbons (Fsp3) is 0.263. The molecule has 0 heterocycles. The Labute approximate surface area is 148 Å². The Morgan fingerprint density at radius 3 is 2.38 bits per heavy atom. The first kappa shape index (κ1) is 19.5. The standard InChI is InChI=1S/C19H17F3O4/c1-2-14(23)9-12-7-8-15(10-16(12)18(24)25)26-11-13-5-3-4-6-17(13)19(20,21)22/h3-8,10H,2,9,11H2,1H3,(H,24,25). The van der Waals surface area contributed by atoms with E-state index in [1.165, 1.54) is 36.4 Å². The molecule has 4 nitrogen and oxygen atoms in total. The molecule has 0 aliphatic rings. The Bertz CT molecular complexity index is 813. The lowest BCUT2D eigenvalue weighted by Gasteiger charge is -2.14. The van der Waals surface area contributed by atoms with E-state index in [2.05, 4.69) is 0 Å². The van der Waals surface area contributed by atoms with Crippen molar-refractivity contribution in [3.63, 3.8) is 0 Å². The molecule has 2 rings (SSSR count). The van der Waals surface area contributed by atoms with Crippen molar-refractivity contribution in [3.05, 3.63) is 64.7 Å². The number of aromatic carboxylic acids is 1. The average molecular weight is 366 g/mol. The van der Waals surface area contributed by atoms with E-state index in [9.17, 15) is 27.9 Å². The highest BCUT2D eigenvalue weighted by Crippen LogP contribution is 2.32. The summed E-state index contributed by atoms with van der Waals surface area (Å²) in [6.45, 7) is 1.32. The molecular formula is C19H17F3O4. The number of Topliss-reactive ketones (excluding diaryl/α,β-unsaturated/α-hetero) is 1. The summed E-state index contributed by atoms with van der Waals surface area (Å²) >= 11 is 0. The lowest BCUT2D eigenvalue weighted by atomic mass is 10.0. The predicted octanol–water partition coefficient (Wildman–Crippen LogP) is 4.50. The fourth-order valence-electron chi connectivity index (χ4n) is 2.42. The van der Waals surface area contributed by atoms with Crippen LogP contribution in [0.1, 0.15) is 40.4 Å². The van der Waals surface area contributed by atoms with Crippen LogP contribution in [0.2, 0.25) is 0 Å². The fourth-order valence-corrected chi connectivity index (χ4v) is 2.42. The van der Waals surface area contributed by atoms with Crippen molar-refractivity contribution in [3.8, 4) is 5.75 Å². The van der Waals surface area contributed by atoms with Gasteiger partial charge in [-0.2, -0.15) is 13.2 Å². The molecule has 1 N–H and O–H groups in total. The van der Waals surface area contributed by atoms with Gasteiger partial charge in [-0.3, -0.25) is 4.79 Å². The van der Waals surface area contributed by atoms with Crippen molar-refractivity contribution in [2.45, 2.75) is 32.5 Å². The van der Waals surface area contributed by atoms with Crippen LogP contribution in [0, 0.1) is 0 Å². The normalized spacial score (nSPS) is 11.2.